The van der Waals surface area contributed by atoms with Crippen LogP contribution in [-0.2, 0) is 24.2 Å². The first-order valence-corrected chi connectivity index (χ1v) is 9.55. The van der Waals surface area contributed by atoms with Crippen molar-refractivity contribution in [3.63, 3.8) is 0 Å². The molecule has 0 spiro atoms. The third-order valence-corrected chi connectivity index (χ3v) is 4.95. The predicted molar refractivity (Wildman–Crippen MR) is 100 cm³/mol. The number of hydrogen-bond acceptors (Lipinski definition) is 5. The van der Waals surface area contributed by atoms with E-state index in [4.69, 9.17) is 0 Å². The molecule has 0 atom stereocenters. The van der Waals surface area contributed by atoms with Crippen molar-refractivity contribution in [1.29, 1.82) is 0 Å². The van der Waals surface area contributed by atoms with Gasteiger partial charge in [0.1, 0.15) is 0 Å². The van der Waals surface area contributed by atoms with Gasteiger partial charge in [-0.25, -0.2) is 4.98 Å². The minimum atomic E-state index is -0.162. The summed E-state index contributed by atoms with van der Waals surface area (Å²) in [5, 5.41) is 6.85. The van der Waals surface area contributed by atoms with Gasteiger partial charge in [0.15, 0.2) is 5.16 Å². The Morgan fingerprint density at radius 3 is 2.96 bits per heavy atom. The van der Waals surface area contributed by atoms with E-state index in [1.807, 2.05) is 18.4 Å². The maximum atomic E-state index is 12.2. The summed E-state index contributed by atoms with van der Waals surface area (Å²) in [4.78, 5) is 31.4. The SMILES string of the molecule is CSc1nc(C)c(CCC(=O)Nc2ccc3c(c2)CNCC3)c(=O)[nH]1. The highest BCUT2D eigenvalue weighted by molar-refractivity contribution is 7.98. The number of benzene rings is 1. The van der Waals surface area contributed by atoms with E-state index < -0.39 is 0 Å². The van der Waals surface area contributed by atoms with Crippen LogP contribution in [0.15, 0.2) is 28.2 Å². The zero-order valence-corrected chi connectivity index (χ0v) is 15.3. The average molecular weight is 358 g/mol. The lowest BCUT2D eigenvalue weighted by Crippen LogP contribution is -2.24. The van der Waals surface area contributed by atoms with Crippen LogP contribution < -0.4 is 16.2 Å². The number of nitrogens with one attached hydrogen (secondary N) is 3. The molecule has 25 heavy (non-hydrogen) atoms. The molecule has 3 N–H and O–H groups in total. The summed E-state index contributed by atoms with van der Waals surface area (Å²) < 4.78 is 0. The van der Waals surface area contributed by atoms with Crippen molar-refractivity contribution in [3.8, 4) is 0 Å². The number of anilines is 1. The molecule has 0 bridgehead atoms. The van der Waals surface area contributed by atoms with Gasteiger partial charge in [-0.1, -0.05) is 17.8 Å². The van der Waals surface area contributed by atoms with Gasteiger partial charge >= 0.3 is 0 Å². The first kappa shape index (κ1) is 17.7. The average Bonchev–Trinajstić information content (AvgIpc) is 2.60. The second-order valence-electron chi connectivity index (χ2n) is 6.10. The molecule has 0 radical (unpaired) electrons. The van der Waals surface area contributed by atoms with E-state index in [-0.39, 0.29) is 17.9 Å². The van der Waals surface area contributed by atoms with E-state index >= 15 is 0 Å². The zero-order valence-electron chi connectivity index (χ0n) is 14.4. The Hall–Kier alpha value is -2.12. The van der Waals surface area contributed by atoms with Gasteiger partial charge in [0.25, 0.3) is 5.56 Å². The number of hydrogen-bond donors (Lipinski definition) is 3. The van der Waals surface area contributed by atoms with Gasteiger partial charge in [0.2, 0.25) is 5.91 Å². The van der Waals surface area contributed by atoms with Gasteiger partial charge in [-0.2, -0.15) is 0 Å². The monoisotopic (exact) mass is 358 g/mol. The van der Waals surface area contributed by atoms with Crippen molar-refractivity contribution in [1.82, 2.24) is 15.3 Å². The van der Waals surface area contributed by atoms with E-state index in [1.165, 1.54) is 22.9 Å². The summed E-state index contributed by atoms with van der Waals surface area (Å²) in [6, 6.07) is 6.03. The number of fused-ring (bicyclic) bond motifs is 1. The molecule has 0 saturated carbocycles. The van der Waals surface area contributed by atoms with Crippen LogP contribution in [0.1, 0.15) is 28.8 Å². The molecule has 1 aromatic carbocycles. The number of aryl methyl sites for hydroxylation is 1. The Morgan fingerprint density at radius 1 is 1.36 bits per heavy atom. The minimum Gasteiger partial charge on any atom is -0.326 e. The van der Waals surface area contributed by atoms with Gasteiger partial charge in [-0.3, -0.25) is 9.59 Å². The standard InChI is InChI=1S/C18H22N4O2S/c1-11-15(17(24)22-18(20-11)25-2)5-6-16(23)21-14-4-3-12-7-8-19-10-13(12)9-14/h3-4,9,19H,5-8,10H2,1-2H3,(H,21,23)(H,20,22,24). The number of thioether (sulfide) groups is 1. The second kappa shape index (κ2) is 7.84. The summed E-state index contributed by atoms with van der Waals surface area (Å²) >= 11 is 1.39. The summed E-state index contributed by atoms with van der Waals surface area (Å²) in [7, 11) is 0. The minimum absolute atomic E-state index is 0.100. The molecule has 1 aliphatic rings. The van der Waals surface area contributed by atoms with Gasteiger partial charge in [0.05, 0.1) is 0 Å². The number of H-pyrrole nitrogens is 1. The Bertz CT molecular complexity index is 847. The fourth-order valence-corrected chi connectivity index (χ4v) is 3.42. The molecule has 2 heterocycles. The van der Waals surface area contributed by atoms with Gasteiger partial charge in [0, 0.05) is 29.9 Å². The van der Waals surface area contributed by atoms with Crippen LogP contribution in [0, 0.1) is 6.92 Å². The van der Waals surface area contributed by atoms with Crippen molar-refractivity contribution in [2.75, 3.05) is 18.1 Å². The Morgan fingerprint density at radius 2 is 2.20 bits per heavy atom. The Labute approximate surface area is 150 Å². The van der Waals surface area contributed by atoms with Crippen molar-refractivity contribution in [2.24, 2.45) is 0 Å². The normalized spacial score (nSPS) is 13.4. The van der Waals surface area contributed by atoms with Crippen molar-refractivity contribution in [3.05, 3.63) is 50.9 Å². The summed E-state index contributed by atoms with van der Waals surface area (Å²) in [6.07, 6.45) is 3.50. The topological polar surface area (TPSA) is 86.9 Å². The Kier molecular flexibility index (Phi) is 5.55. The van der Waals surface area contributed by atoms with Crippen LogP contribution in [0.4, 0.5) is 5.69 Å². The smallest absolute Gasteiger partial charge is 0.254 e. The fraction of sp³-hybridized carbons (Fsp3) is 0.389. The lowest BCUT2D eigenvalue weighted by molar-refractivity contribution is -0.116. The third-order valence-electron chi connectivity index (χ3n) is 4.37. The highest BCUT2D eigenvalue weighted by Gasteiger charge is 2.12. The molecule has 1 aliphatic heterocycles. The van der Waals surface area contributed by atoms with Crippen molar-refractivity contribution in [2.45, 2.75) is 37.9 Å². The number of carbonyl (C=O) groups excluding carboxylic acids is 1. The van der Waals surface area contributed by atoms with Gasteiger partial charge < -0.3 is 15.6 Å². The molecule has 0 fully saturated rings. The van der Waals surface area contributed by atoms with E-state index in [0.29, 0.717) is 22.8 Å². The molecule has 1 amide bonds. The number of aromatic amines is 1. The molecular formula is C18H22N4O2S. The Balaban J connectivity index is 1.63. The molecule has 1 aromatic heterocycles. The number of carbonyl (C=O) groups is 1. The molecular weight excluding hydrogens is 336 g/mol. The molecule has 3 rings (SSSR count). The highest BCUT2D eigenvalue weighted by atomic mass is 32.2. The molecule has 0 aliphatic carbocycles. The molecule has 132 valence electrons. The van der Waals surface area contributed by atoms with E-state index in [1.54, 1.807) is 6.92 Å². The molecule has 0 unspecified atom stereocenters. The maximum absolute atomic E-state index is 12.2. The quantitative estimate of drug-likeness (QED) is 0.562. The van der Waals surface area contributed by atoms with Gasteiger partial charge in [-0.05, 0) is 55.8 Å². The van der Waals surface area contributed by atoms with Crippen LogP contribution in [0.5, 0.6) is 0 Å². The van der Waals surface area contributed by atoms with Crippen LogP contribution >= 0.6 is 11.8 Å². The van der Waals surface area contributed by atoms with E-state index in [2.05, 4.69) is 26.7 Å². The number of nitrogens with zero attached hydrogens (tertiary/aromatic N) is 1. The lowest BCUT2D eigenvalue weighted by Gasteiger charge is -2.18. The maximum Gasteiger partial charge on any atom is 0.254 e. The predicted octanol–water partition coefficient (Wildman–Crippen LogP) is 2.02. The molecule has 0 saturated heterocycles. The first-order valence-electron chi connectivity index (χ1n) is 8.33. The molecule has 2 aromatic rings. The zero-order chi connectivity index (χ0) is 17.8. The highest BCUT2D eigenvalue weighted by Crippen LogP contribution is 2.19. The van der Waals surface area contributed by atoms with E-state index in [9.17, 15) is 9.59 Å². The lowest BCUT2D eigenvalue weighted by atomic mass is 10.0. The largest absolute Gasteiger partial charge is 0.326 e. The second-order valence-corrected chi connectivity index (χ2v) is 6.89. The van der Waals surface area contributed by atoms with Crippen LogP contribution in [0.25, 0.3) is 0 Å². The summed E-state index contributed by atoms with van der Waals surface area (Å²) in [6.45, 7) is 3.63. The van der Waals surface area contributed by atoms with Crippen LogP contribution in [0.3, 0.4) is 0 Å². The van der Waals surface area contributed by atoms with Gasteiger partial charge in [-0.15, -0.1) is 0 Å². The number of aromatic nitrogens is 2. The van der Waals surface area contributed by atoms with Crippen LogP contribution in [-0.4, -0.2) is 28.7 Å². The van der Waals surface area contributed by atoms with E-state index in [0.717, 1.165) is 25.2 Å². The fourth-order valence-electron chi connectivity index (χ4n) is 3.00. The number of amides is 1. The molecule has 6 nitrogen and oxygen atoms in total. The summed E-state index contributed by atoms with van der Waals surface area (Å²) in [5.41, 5.74) is 4.45. The number of rotatable bonds is 5. The van der Waals surface area contributed by atoms with Crippen molar-refractivity contribution < 1.29 is 4.79 Å². The van der Waals surface area contributed by atoms with Crippen LogP contribution in [0.2, 0.25) is 0 Å². The third kappa shape index (κ3) is 4.29. The summed E-state index contributed by atoms with van der Waals surface area (Å²) in [5.74, 6) is -0.100. The molecule has 7 heteroatoms. The van der Waals surface area contributed by atoms with Crippen molar-refractivity contribution >= 4 is 23.4 Å². The first-order chi connectivity index (χ1) is 12.1.